The molecule has 1 aromatic carbocycles. The Labute approximate surface area is 171 Å². The molecular weight excluding hydrogens is 368 g/mol. The molecule has 7 heteroatoms. The van der Waals surface area contributed by atoms with Crippen molar-refractivity contribution >= 4 is 16.6 Å². The summed E-state index contributed by atoms with van der Waals surface area (Å²) in [7, 11) is 0. The number of rotatable bonds is 5. The summed E-state index contributed by atoms with van der Waals surface area (Å²) in [6.45, 7) is 6.07. The first-order valence-electron chi connectivity index (χ1n) is 10.9. The lowest BCUT2D eigenvalue weighted by molar-refractivity contribution is 0.00803. The zero-order valence-electron chi connectivity index (χ0n) is 16.9. The Kier molecular flexibility index (Phi) is 5.28. The van der Waals surface area contributed by atoms with Gasteiger partial charge < -0.3 is 19.5 Å². The molecule has 1 unspecified atom stereocenters. The van der Waals surface area contributed by atoms with Gasteiger partial charge >= 0.3 is 0 Å². The van der Waals surface area contributed by atoms with Crippen molar-refractivity contribution in [3.63, 3.8) is 0 Å². The van der Waals surface area contributed by atoms with E-state index in [9.17, 15) is 5.11 Å². The molecule has 0 amide bonds. The van der Waals surface area contributed by atoms with E-state index in [0.29, 0.717) is 12.5 Å². The number of benzene rings is 1. The van der Waals surface area contributed by atoms with Crippen molar-refractivity contribution in [1.82, 2.24) is 14.9 Å². The normalized spacial score (nSPS) is 25.0. The van der Waals surface area contributed by atoms with Crippen LogP contribution in [0.3, 0.4) is 0 Å². The van der Waals surface area contributed by atoms with Crippen LogP contribution >= 0.6 is 0 Å². The summed E-state index contributed by atoms with van der Waals surface area (Å²) in [6, 6.07) is 6.34. The van der Waals surface area contributed by atoms with Crippen LogP contribution in [0.5, 0.6) is 5.88 Å². The third kappa shape index (κ3) is 4.17. The maximum atomic E-state index is 10.7. The summed E-state index contributed by atoms with van der Waals surface area (Å²) in [4.78, 5) is 13.6. The average molecular weight is 399 g/mol. The fourth-order valence-electron chi connectivity index (χ4n) is 4.85. The van der Waals surface area contributed by atoms with Crippen LogP contribution in [0.25, 0.3) is 10.9 Å². The first-order valence-corrected chi connectivity index (χ1v) is 10.9. The number of aromatic nitrogens is 2. The zero-order chi connectivity index (χ0) is 19.7. The van der Waals surface area contributed by atoms with Gasteiger partial charge in [-0.3, -0.25) is 4.90 Å². The van der Waals surface area contributed by atoms with Gasteiger partial charge in [-0.05, 0) is 31.0 Å². The summed E-state index contributed by atoms with van der Waals surface area (Å²) in [6.07, 6.45) is 6.76. The van der Waals surface area contributed by atoms with Crippen molar-refractivity contribution in [3.8, 4) is 5.88 Å². The number of nitrogens with zero attached hydrogens (tertiary/aromatic N) is 4. The van der Waals surface area contributed by atoms with E-state index < -0.39 is 5.60 Å². The van der Waals surface area contributed by atoms with Crippen molar-refractivity contribution < 1.29 is 14.6 Å². The van der Waals surface area contributed by atoms with E-state index in [1.807, 2.05) is 0 Å². The quantitative estimate of drug-likeness (QED) is 0.828. The zero-order valence-corrected chi connectivity index (χ0v) is 16.9. The number of fused-ring (bicyclic) bond motifs is 1. The highest BCUT2D eigenvalue weighted by molar-refractivity contribution is 5.86. The van der Waals surface area contributed by atoms with Crippen LogP contribution in [0, 0.1) is 0 Å². The van der Waals surface area contributed by atoms with Crippen LogP contribution in [-0.4, -0.2) is 77.6 Å². The van der Waals surface area contributed by atoms with Gasteiger partial charge in [0.15, 0.2) is 0 Å². The topological polar surface area (TPSA) is 71.0 Å². The van der Waals surface area contributed by atoms with Gasteiger partial charge in [0.2, 0.25) is 5.88 Å². The molecule has 7 nitrogen and oxygen atoms in total. The van der Waals surface area contributed by atoms with Crippen molar-refractivity contribution in [1.29, 1.82) is 0 Å². The highest BCUT2D eigenvalue weighted by Gasteiger charge is 2.34. The number of anilines is 1. The second kappa shape index (κ2) is 8.05. The summed E-state index contributed by atoms with van der Waals surface area (Å²) in [5, 5.41) is 11.7. The summed E-state index contributed by atoms with van der Waals surface area (Å²) in [5.41, 5.74) is 1.62. The minimum Gasteiger partial charge on any atom is -0.471 e. The number of piperazine rings is 1. The molecular formula is C22H30N4O3. The molecule has 2 saturated heterocycles. The van der Waals surface area contributed by atoms with E-state index in [4.69, 9.17) is 9.47 Å². The van der Waals surface area contributed by atoms with Gasteiger partial charge in [-0.2, -0.15) is 0 Å². The van der Waals surface area contributed by atoms with Crippen LogP contribution < -0.4 is 9.64 Å². The molecule has 2 aromatic rings. The van der Waals surface area contributed by atoms with Crippen LogP contribution in [0.1, 0.15) is 32.1 Å². The van der Waals surface area contributed by atoms with Gasteiger partial charge in [0, 0.05) is 44.8 Å². The number of β-amino-alcohol motifs (C(OH)–C–C–N with tert-alkyl or cyclic N) is 1. The molecule has 1 aromatic heterocycles. The number of hydrogen-bond donors (Lipinski definition) is 1. The molecule has 29 heavy (non-hydrogen) atoms. The molecule has 2 aliphatic heterocycles. The maximum Gasteiger partial charge on any atom is 0.224 e. The average Bonchev–Trinajstić information content (AvgIpc) is 3.40. The molecule has 1 N–H and O–H groups in total. The molecule has 1 atom stereocenters. The summed E-state index contributed by atoms with van der Waals surface area (Å²) < 4.78 is 11.5. The van der Waals surface area contributed by atoms with Crippen molar-refractivity contribution in [2.75, 3.05) is 50.8 Å². The summed E-state index contributed by atoms with van der Waals surface area (Å²) >= 11 is 0. The number of aliphatic hydroxyl groups is 1. The van der Waals surface area contributed by atoms with Crippen molar-refractivity contribution in [2.45, 2.75) is 43.8 Å². The van der Waals surface area contributed by atoms with E-state index >= 15 is 0 Å². The first kappa shape index (κ1) is 19.0. The first-order chi connectivity index (χ1) is 14.2. The lowest BCUT2D eigenvalue weighted by Crippen LogP contribution is -2.51. The Morgan fingerprint density at radius 2 is 1.97 bits per heavy atom. The predicted octanol–water partition coefficient (Wildman–Crippen LogP) is 2.22. The van der Waals surface area contributed by atoms with Crippen LogP contribution in [-0.2, 0) is 4.74 Å². The molecule has 156 valence electrons. The second-order valence-electron chi connectivity index (χ2n) is 8.68. The van der Waals surface area contributed by atoms with E-state index in [2.05, 4.69) is 38.0 Å². The fourth-order valence-corrected chi connectivity index (χ4v) is 4.85. The largest absolute Gasteiger partial charge is 0.471 e. The van der Waals surface area contributed by atoms with Gasteiger partial charge in [-0.1, -0.05) is 12.8 Å². The van der Waals surface area contributed by atoms with Crippen molar-refractivity contribution in [2.24, 2.45) is 0 Å². The van der Waals surface area contributed by atoms with Gasteiger partial charge in [0.1, 0.15) is 12.4 Å². The Morgan fingerprint density at radius 3 is 2.72 bits per heavy atom. The third-order valence-corrected chi connectivity index (χ3v) is 6.54. The molecule has 1 saturated carbocycles. The van der Waals surface area contributed by atoms with Gasteiger partial charge in [-0.15, -0.1) is 0 Å². The molecule has 3 aliphatic rings. The smallest absolute Gasteiger partial charge is 0.224 e. The molecule has 3 fully saturated rings. The highest BCUT2D eigenvalue weighted by atomic mass is 16.5. The Hall–Kier alpha value is -1.96. The monoisotopic (exact) mass is 398 g/mol. The lowest BCUT2D eigenvalue weighted by Gasteiger charge is -2.39. The lowest BCUT2D eigenvalue weighted by atomic mass is 10.0. The van der Waals surface area contributed by atoms with Gasteiger partial charge in [-0.25, -0.2) is 9.97 Å². The molecule has 0 bridgehead atoms. The van der Waals surface area contributed by atoms with E-state index in [-0.39, 0.29) is 6.10 Å². The van der Waals surface area contributed by atoms with E-state index in [1.165, 1.54) is 5.69 Å². The van der Waals surface area contributed by atoms with Crippen LogP contribution in [0.2, 0.25) is 0 Å². The maximum absolute atomic E-state index is 10.7. The minimum atomic E-state index is -0.460. The predicted molar refractivity (Wildman–Crippen MR) is 111 cm³/mol. The van der Waals surface area contributed by atoms with E-state index in [0.717, 1.165) is 82.3 Å². The summed E-state index contributed by atoms with van der Waals surface area (Å²) in [5.74, 6) is 0.648. The molecule has 5 rings (SSSR count). The van der Waals surface area contributed by atoms with Crippen molar-refractivity contribution in [3.05, 3.63) is 24.5 Å². The second-order valence-corrected chi connectivity index (χ2v) is 8.68. The minimum absolute atomic E-state index is 0.0710. The molecule has 0 radical (unpaired) electrons. The Morgan fingerprint density at radius 1 is 1.14 bits per heavy atom. The van der Waals surface area contributed by atoms with Crippen LogP contribution in [0.15, 0.2) is 24.5 Å². The molecule has 0 spiro atoms. The Bertz CT molecular complexity index is 841. The van der Waals surface area contributed by atoms with E-state index in [1.54, 1.807) is 6.33 Å². The molecule has 1 aliphatic carbocycles. The fraction of sp³-hybridized carbons (Fsp3) is 0.636. The van der Waals surface area contributed by atoms with Crippen LogP contribution in [0.4, 0.5) is 5.69 Å². The Balaban J connectivity index is 1.28. The highest BCUT2D eigenvalue weighted by Crippen LogP contribution is 2.32. The standard InChI is InChI=1S/C22H30N4O3/c27-22(6-1-2-7-22)15-25-8-10-26(11-9-25)17-3-4-20-19(13-17)21(24-16-23-20)29-18-5-12-28-14-18/h3-4,13,16,18,27H,1-2,5-12,14-15H2. The molecule has 3 heterocycles. The SMILES string of the molecule is OC1(CN2CCN(c3ccc4ncnc(OC5CCOC5)c4c3)CC2)CCCC1. The van der Waals surface area contributed by atoms with Gasteiger partial charge in [0.25, 0.3) is 0 Å². The third-order valence-electron chi connectivity index (χ3n) is 6.54. The van der Waals surface area contributed by atoms with Gasteiger partial charge in [0.05, 0.1) is 29.7 Å². The number of ether oxygens (including phenoxy) is 2. The number of hydrogen-bond acceptors (Lipinski definition) is 7.